The number of nitro benzene ring substituents is 1. The summed E-state index contributed by atoms with van der Waals surface area (Å²) in [6.07, 6.45) is 0. The lowest BCUT2D eigenvalue weighted by molar-refractivity contribution is -0.384. The molecule has 0 heterocycles. The maximum absolute atomic E-state index is 10.6. The predicted octanol–water partition coefficient (Wildman–Crippen LogP) is 4.82. The molecule has 4 nitrogen and oxygen atoms in total. The van der Waals surface area contributed by atoms with Crippen molar-refractivity contribution in [1.82, 2.24) is 0 Å². The van der Waals surface area contributed by atoms with Crippen LogP contribution in [0.4, 0.5) is 11.4 Å². The molecule has 0 aromatic heterocycles. The highest BCUT2D eigenvalue weighted by Gasteiger charge is 2.09. The summed E-state index contributed by atoms with van der Waals surface area (Å²) in [7, 11) is 0. The summed E-state index contributed by atoms with van der Waals surface area (Å²) in [4.78, 5) is 10.2. The zero-order valence-corrected chi connectivity index (χ0v) is 12.2. The predicted molar refractivity (Wildman–Crippen MR) is 81.6 cm³/mol. The molecule has 0 saturated heterocycles. The highest BCUT2D eigenvalue weighted by molar-refractivity contribution is 6.32. The highest BCUT2D eigenvalue weighted by Crippen LogP contribution is 2.24. The summed E-state index contributed by atoms with van der Waals surface area (Å²) >= 11 is 12.1. The number of non-ortho nitro benzene ring substituents is 1. The second-order valence-corrected chi connectivity index (χ2v) is 5.16. The van der Waals surface area contributed by atoms with E-state index < -0.39 is 4.92 Å². The number of nitrogens with zero attached hydrogens (tertiary/aromatic N) is 1. The topological polar surface area (TPSA) is 55.2 Å². The van der Waals surface area contributed by atoms with Gasteiger partial charge in [0.2, 0.25) is 0 Å². The van der Waals surface area contributed by atoms with Crippen LogP contribution < -0.4 is 5.32 Å². The largest absolute Gasteiger partial charge is 0.381 e. The van der Waals surface area contributed by atoms with Gasteiger partial charge in [0.15, 0.2) is 0 Å². The van der Waals surface area contributed by atoms with E-state index >= 15 is 0 Å². The normalized spacial score (nSPS) is 10.3. The van der Waals surface area contributed by atoms with Crippen molar-refractivity contribution in [3.63, 3.8) is 0 Å². The average molecular weight is 311 g/mol. The van der Waals surface area contributed by atoms with E-state index in [1.54, 1.807) is 6.07 Å². The van der Waals surface area contributed by atoms with Gasteiger partial charge in [0.05, 0.1) is 9.95 Å². The van der Waals surface area contributed by atoms with Crippen molar-refractivity contribution in [1.29, 1.82) is 0 Å². The van der Waals surface area contributed by atoms with Gasteiger partial charge in [0.1, 0.15) is 0 Å². The summed E-state index contributed by atoms with van der Waals surface area (Å²) < 4.78 is 0. The van der Waals surface area contributed by atoms with E-state index in [0.717, 1.165) is 16.8 Å². The van der Waals surface area contributed by atoms with E-state index in [0.29, 0.717) is 16.6 Å². The first-order valence-corrected chi connectivity index (χ1v) is 6.66. The third kappa shape index (κ3) is 3.40. The molecule has 2 rings (SSSR count). The third-order valence-electron chi connectivity index (χ3n) is 2.90. The molecule has 0 saturated carbocycles. The number of nitrogens with one attached hydrogen (secondary N) is 1. The zero-order valence-electron chi connectivity index (χ0n) is 10.7. The molecule has 0 unspecified atom stereocenters. The van der Waals surface area contributed by atoms with Crippen LogP contribution in [-0.2, 0) is 6.54 Å². The lowest BCUT2D eigenvalue weighted by Gasteiger charge is -2.09. The van der Waals surface area contributed by atoms with Gasteiger partial charge >= 0.3 is 0 Å². The lowest BCUT2D eigenvalue weighted by atomic mass is 10.2. The summed E-state index contributed by atoms with van der Waals surface area (Å²) in [5, 5.41) is 14.9. The Hall–Kier alpha value is -1.78. The fourth-order valence-corrected chi connectivity index (χ4v) is 2.12. The first-order chi connectivity index (χ1) is 9.47. The Morgan fingerprint density at radius 1 is 1.15 bits per heavy atom. The Kier molecular flexibility index (Phi) is 4.47. The van der Waals surface area contributed by atoms with Gasteiger partial charge in [-0.2, -0.15) is 0 Å². The molecule has 0 aliphatic heterocycles. The Morgan fingerprint density at radius 3 is 2.50 bits per heavy atom. The van der Waals surface area contributed by atoms with Crippen LogP contribution in [0.2, 0.25) is 10.0 Å². The van der Waals surface area contributed by atoms with E-state index in [9.17, 15) is 10.1 Å². The molecule has 1 N–H and O–H groups in total. The minimum Gasteiger partial charge on any atom is -0.381 e. The first kappa shape index (κ1) is 14.6. The molecule has 20 heavy (non-hydrogen) atoms. The molecule has 0 radical (unpaired) electrons. The summed E-state index contributed by atoms with van der Waals surface area (Å²) in [6.45, 7) is 2.40. The van der Waals surface area contributed by atoms with Gasteiger partial charge < -0.3 is 5.32 Å². The summed E-state index contributed by atoms with van der Waals surface area (Å²) in [5.74, 6) is 0. The van der Waals surface area contributed by atoms with Gasteiger partial charge in [-0.05, 0) is 36.2 Å². The van der Waals surface area contributed by atoms with Crippen LogP contribution in [0, 0.1) is 17.0 Å². The third-order valence-corrected chi connectivity index (χ3v) is 3.66. The molecule has 6 heteroatoms. The van der Waals surface area contributed by atoms with Crippen molar-refractivity contribution in [2.24, 2.45) is 0 Å². The number of benzene rings is 2. The number of hydrogen-bond acceptors (Lipinski definition) is 3. The van der Waals surface area contributed by atoms with Crippen molar-refractivity contribution in [2.45, 2.75) is 13.5 Å². The van der Waals surface area contributed by atoms with E-state index in [4.69, 9.17) is 23.2 Å². The summed E-state index contributed by atoms with van der Waals surface area (Å²) in [5.41, 5.74) is 2.65. The number of rotatable bonds is 4. The number of nitro groups is 1. The van der Waals surface area contributed by atoms with E-state index in [-0.39, 0.29) is 5.69 Å². The van der Waals surface area contributed by atoms with Crippen LogP contribution >= 0.6 is 23.2 Å². The van der Waals surface area contributed by atoms with Crippen molar-refractivity contribution in [3.05, 3.63) is 67.7 Å². The molecule has 0 bridgehead atoms. The van der Waals surface area contributed by atoms with Crippen LogP contribution in [0.15, 0.2) is 36.4 Å². The molecular formula is C14H12Cl2N2O2. The Labute approximate surface area is 126 Å². The molecule has 0 amide bonds. The van der Waals surface area contributed by atoms with Gasteiger partial charge in [-0.15, -0.1) is 0 Å². The van der Waals surface area contributed by atoms with Crippen molar-refractivity contribution in [3.8, 4) is 0 Å². The molecule has 0 spiro atoms. The fourth-order valence-electron chi connectivity index (χ4n) is 1.69. The maximum atomic E-state index is 10.6. The van der Waals surface area contributed by atoms with Crippen LogP contribution in [0.25, 0.3) is 0 Å². The quantitative estimate of drug-likeness (QED) is 0.650. The second-order valence-electron chi connectivity index (χ2n) is 4.35. The maximum Gasteiger partial charge on any atom is 0.270 e. The minimum atomic E-state index is -0.469. The van der Waals surface area contributed by atoms with E-state index in [1.807, 2.05) is 25.1 Å². The van der Waals surface area contributed by atoms with Gasteiger partial charge in [0, 0.05) is 29.4 Å². The van der Waals surface area contributed by atoms with Gasteiger partial charge in [0.25, 0.3) is 5.69 Å². The second kappa shape index (κ2) is 6.11. The average Bonchev–Trinajstić information content (AvgIpc) is 2.41. The summed E-state index contributed by atoms with van der Waals surface area (Å²) in [6, 6.07) is 10.1. The number of hydrogen-bond donors (Lipinski definition) is 1. The SMILES string of the molecule is Cc1ccc(NCc2ccc([N+](=O)[O-])cc2Cl)cc1Cl. The van der Waals surface area contributed by atoms with Crippen molar-refractivity contribution in [2.75, 3.05) is 5.32 Å². The van der Waals surface area contributed by atoms with Crippen LogP contribution in [-0.4, -0.2) is 4.92 Å². The van der Waals surface area contributed by atoms with Crippen LogP contribution in [0.3, 0.4) is 0 Å². The molecule has 0 aliphatic rings. The van der Waals surface area contributed by atoms with E-state index in [2.05, 4.69) is 5.32 Å². The zero-order chi connectivity index (χ0) is 14.7. The van der Waals surface area contributed by atoms with Crippen molar-refractivity contribution < 1.29 is 4.92 Å². The van der Waals surface area contributed by atoms with Crippen LogP contribution in [0.5, 0.6) is 0 Å². The first-order valence-electron chi connectivity index (χ1n) is 5.90. The Morgan fingerprint density at radius 2 is 1.90 bits per heavy atom. The standard InChI is InChI=1S/C14H12Cl2N2O2/c1-9-2-4-11(6-13(9)15)17-8-10-3-5-12(18(19)20)7-14(10)16/h2-7,17H,8H2,1H3. The van der Waals surface area contributed by atoms with Gasteiger partial charge in [-0.3, -0.25) is 10.1 Å². The molecule has 0 fully saturated rings. The number of anilines is 1. The highest BCUT2D eigenvalue weighted by atomic mass is 35.5. The molecule has 104 valence electrons. The minimum absolute atomic E-state index is 0.0165. The molecule has 0 atom stereocenters. The van der Waals surface area contributed by atoms with E-state index in [1.165, 1.54) is 12.1 Å². The smallest absolute Gasteiger partial charge is 0.270 e. The molecule has 2 aromatic carbocycles. The lowest BCUT2D eigenvalue weighted by Crippen LogP contribution is -2.00. The molecule has 2 aromatic rings. The monoisotopic (exact) mass is 310 g/mol. The van der Waals surface area contributed by atoms with Crippen LogP contribution in [0.1, 0.15) is 11.1 Å². The molecular weight excluding hydrogens is 299 g/mol. The Bertz CT molecular complexity index is 660. The number of aryl methyl sites for hydroxylation is 1. The molecule has 0 aliphatic carbocycles. The van der Waals surface area contributed by atoms with Gasteiger partial charge in [-0.1, -0.05) is 29.3 Å². The van der Waals surface area contributed by atoms with Crippen molar-refractivity contribution >= 4 is 34.6 Å². The fraction of sp³-hybridized carbons (Fsp3) is 0.143. The Balaban J connectivity index is 2.10. The van der Waals surface area contributed by atoms with Gasteiger partial charge in [-0.25, -0.2) is 0 Å². The number of halogens is 2.